The van der Waals surface area contributed by atoms with E-state index in [1.807, 2.05) is 0 Å². The molecule has 9 heteroatoms. The van der Waals surface area contributed by atoms with E-state index in [1.54, 1.807) is 18.2 Å². The highest BCUT2D eigenvalue weighted by molar-refractivity contribution is 6.30. The first-order chi connectivity index (χ1) is 16.3. The molecule has 3 N–H and O–H groups in total. The second kappa shape index (κ2) is 9.21. The molecule has 0 atom stereocenters. The monoisotopic (exact) mass is 475 g/mol. The van der Waals surface area contributed by atoms with E-state index < -0.39 is 23.7 Å². The minimum atomic E-state index is -0.932. The molecule has 0 bridgehead atoms. The fourth-order valence-electron chi connectivity index (χ4n) is 3.43. The largest absolute Gasteiger partial charge is 0.493 e. The number of hydrogen-bond acceptors (Lipinski definition) is 5. The van der Waals surface area contributed by atoms with Crippen molar-refractivity contribution in [2.24, 2.45) is 0 Å². The fourth-order valence-corrected chi connectivity index (χ4v) is 3.55. The van der Waals surface area contributed by atoms with Gasteiger partial charge in [-0.3, -0.25) is 19.7 Å². The first kappa shape index (κ1) is 22.8. The number of Topliss-reactive ketones (excluding diaryl/α,β-unsaturated/α-hetero) is 1. The van der Waals surface area contributed by atoms with Crippen molar-refractivity contribution in [3.8, 4) is 5.88 Å². The third-order valence-electron chi connectivity index (χ3n) is 5.15. The van der Waals surface area contributed by atoms with Crippen LogP contribution in [0.2, 0.25) is 5.02 Å². The van der Waals surface area contributed by atoms with E-state index in [9.17, 15) is 24.3 Å². The fraction of sp³-hybridized carbons (Fsp3) is 0.0400. The van der Waals surface area contributed by atoms with Crippen LogP contribution in [-0.4, -0.2) is 33.3 Å². The summed E-state index contributed by atoms with van der Waals surface area (Å²) in [5.74, 6) is -2.08. The summed E-state index contributed by atoms with van der Waals surface area (Å²) in [4.78, 5) is 50.1. The zero-order chi connectivity index (χ0) is 24.4. The van der Waals surface area contributed by atoms with Crippen LogP contribution in [0.15, 0.2) is 72.8 Å². The van der Waals surface area contributed by atoms with Gasteiger partial charge in [-0.05, 0) is 61.5 Å². The maximum atomic E-state index is 13.0. The Balaban J connectivity index is 1.76. The summed E-state index contributed by atoms with van der Waals surface area (Å²) in [6.45, 7) is 1.37. The Bertz CT molecular complexity index is 1440. The van der Waals surface area contributed by atoms with Gasteiger partial charge in [0.05, 0.1) is 5.52 Å². The highest BCUT2D eigenvalue weighted by atomic mass is 35.5. The lowest BCUT2D eigenvalue weighted by Crippen LogP contribution is -2.33. The summed E-state index contributed by atoms with van der Waals surface area (Å²) in [5, 5.41) is 16.4. The predicted molar refractivity (Wildman–Crippen MR) is 128 cm³/mol. The number of hydrogen-bond donors (Lipinski definition) is 3. The molecule has 1 aromatic heterocycles. The van der Waals surface area contributed by atoms with Crippen molar-refractivity contribution < 1.29 is 24.3 Å². The van der Waals surface area contributed by atoms with Crippen LogP contribution in [0.1, 0.15) is 38.0 Å². The van der Waals surface area contributed by atoms with Gasteiger partial charge in [0.15, 0.2) is 5.78 Å². The number of ketones is 1. The molecule has 0 aliphatic carbocycles. The number of aromatic hydroxyl groups is 1. The van der Waals surface area contributed by atoms with Crippen molar-refractivity contribution in [1.29, 1.82) is 0 Å². The average Bonchev–Trinajstić information content (AvgIpc) is 3.10. The molecule has 0 unspecified atom stereocenters. The maximum Gasteiger partial charge on any atom is 0.335 e. The molecule has 4 rings (SSSR count). The van der Waals surface area contributed by atoms with Crippen LogP contribution in [0.4, 0.5) is 10.5 Å². The molecule has 3 aromatic carbocycles. The summed E-state index contributed by atoms with van der Waals surface area (Å²) in [6.07, 6.45) is 0. The normalized spacial score (nSPS) is 10.6. The van der Waals surface area contributed by atoms with Gasteiger partial charge in [-0.15, -0.1) is 0 Å². The highest BCUT2D eigenvalue weighted by Gasteiger charge is 2.25. The molecule has 0 saturated heterocycles. The molecule has 34 heavy (non-hydrogen) atoms. The number of rotatable bonds is 4. The van der Waals surface area contributed by atoms with E-state index in [4.69, 9.17) is 11.6 Å². The van der Waals surface area contributed by atoms with Crippen LogP contribution in [-0.2, 0) is 0 Å². The number of anilines is 1. The standard InChI is InChI=1S/C25H18ClN3O5/c1-14(30)17-9-12-20-19(13-17)21(27-22(31)16-7-10-18(26)11-8-16)24(33)29(20)25(34)28-23(32)15-5-3-2-4-6-15/h2-13,33H,1H3,(H,27,31)(H,28,32,34). The highest BCUT2D eigenvalue weighted by Crippen LogP contribution is 2.37. The maximum absolute atomic E-state index is 13.0. The zero-order valence-electron chi connectivity index (χ0n) is 17.8. The Morgan fingerprint density at radius 1 is 0.824 bits per heavy atom. The van der Waals surface area contributed by atoms with Gasteiger partial charge < -0.3 is 10.4 Å². The number of halogens is 1. The van der Waals surface area contributed by atoms with Crippen molar-refractivity contribution in [3.05, 3.63) is 94.5 Å². The van der Waals surface area contributed by atoms with Crippen LogP contribution < -0.4 is 10.6 Å². The predicted octanol–water partition coefficient (Wildman–Crippen LogP) is 4.85. The second-order valence-corrected chi connectivity index (χ2v) is 7.84. The summed E-state index contributed by atoms with van der Waals surface area (Å²) in [6, 6.07) is 17.6. The number of nitrogens with one attached hydrogen (secondary N) is 2. The zero-order valence-corrected chi connectivity index (χ0v) is 18.6. The Hall–Kier alpha value is -4.43. The topological polar surface area (TPSA) is 118 Å². The van der Waals surface area contributed by atoms with E-state index in [0.717, 1.165) is 4.57 Å². The molecular formula is C25H18ClN3O5. The summed E-state index contributed by atoms with van der Waals surface area (Å²) >= 11 is 5.87. The number of carbonyl (C=O) groups excluding carboxylic acids is 4. The summed E-state index contributed by atoms with van der Waals surface area (Å²) < 4.78 is 0.859. The third-order valence-corrected chi connectivity index (χ3v) is 5.41. The van der Waals surface area contributed by atoms with Gasteiger partial charge in [0.1, 0.15) is 5.69 Å². The number of aromatic nitrogens is 1. The number of fused-ring (bicyclic) bond motifs is 1. The number of nitrogens with zero attached hydrogens (tertiary/aromatic N) is 1. The van der Waals surface area contributed by atoms with Gasteiger partial charge in [-0.1, -0.05) is 29.8 Å². The molecule has 0 aliphatic heterocycles. The average molecular weight is 476 g/mol. The van der Waals surface area contributed by atoms with Crippen molar-refractivity contribution in [2.45, 2.75) is 6.92 Å². The number of carbonyl (C=O) groups is 4. The first-order valence-electron chi connectivity index (χ1n) is 10.1. The summed E-state index contributed by atoms with van der Waals surface area (Å²) in [5.41, 5.74) is 0.929. The van der Waals surface area contributed by atoms with Gasteiger partial charge in [-0.25, -0.2) is 9.36 Å². The molecule has 0 aliphatic rings. The third kappa shape index (κ3) is 4.39. The molecule has 1 heterocycles. The Labute approximate surface area is 198 Å². The van der Waals surface area contributed by atoms with Gasteiger partial charge in [-0.2, -0.15) is 0 Å². The molecular weight excluding hydrogens is 458 g/mol. The van der Waals surface area contributed by atoms with Gasteiger partial charge in [0.2, 0.25) is 5.88 Å². The molecule has 170 valence electrons. The lowest BCUT2D eigenvalue weighted by molar-refractivity contribution is 0.0961. The summed E-state index contributed by atoms with van der Waals surface area (Å²) in [7, 11) is 0. The molecule has 4 aromatic rings. The van der Waals surface area contributed by atoms with E-state index in [-0.39, 0.29) is 33.5 Å². The Kier molecular flexibility index (Phi) is 6.16. The molecule has 8 nitrogen and oxygen atoms in total. The SMILES string of the molecule is CC(=O)c1ccc2c(c1)c(NC(=O)c1ccc(Cl)cc1)c(O)n2C(=O)NC(=O)c1ccccc1. The van der Waals surface area contributed by atoms with Gasteiger partial charge in [0, 0.05) is 27.1 Å². The number of amides is 3. The quantitative estimate of drug-likeness (QED) is 0.364. The van der Waals surface area contributed by atoms with E-state index >= 15 is 0 Å². The van der Waals surface area contributed by atoms with Crippen molar-refractivity contribution in [2.75, 3.05) is 5.32 Å². The minimum Gasteiger partial charge on any atom is -0.493 e. The lowest BCUT2D eigenvalue weighted by atomic mass is 10.1. The molecule has 0 fully saturated rings. The minimum absolute atomic E-state index is 0.0830. The van der Waals surface area contributed by atoms with Crippen LogP contribution in [0.25, 0.3) is 10.9 Å². The number of imide groups is 1. The first-order valence-corrected chi connectivity index (χ1v) is 10.5. The van der Waals surface area contributed by atoms with Gasteiger partial charge >= 0.3 is 6.03 Å². The smallest absolute Gasteiger partial charge is 0.335 e. The molecule has 0 radical (unpaired) electrons. The number of benzene rings is 3. The van der Waals surface area contributed by atoms with Crippen LogP contribution in [0.5, 0.6) is 5.88 Å². The Morgan fingerprint density at radius 3 is 2.09 bits per heavy atom. The van der Waals surface area contributed by atoms with Crippen molar-refractivity contribution in [1.82, 2.24) is 9.88 Å². The molecule has 3 amide bonds. The van der Waals surface area contributed by atoms with Crippen molar-refractivity contribution in [3.63, 3.8) is 0 Å². The van der Waals surface area contributed by atoms with E-state index in [2.05, 4.69) is 10.6 Å². The second-order valence-electron chi connectivity index (χ2n) is 7.41. The Morgan fingerprint density at radius 2 is 1.44 bits per heavy atom. The molecule has 0 saturated carbocycles. The van der Waals surface area contributed by atoms with Gasteiger partial charge in [0.25, 0.3) is 11.8 Å². The van der Waals surface area contributed by atoms with Crippen LogP contribution >= 0.6 is 11.6 Å². The van der Waals surface area contributed by atoms with E-state index in [0.29, 0.717) is 10.6 Å². The van der Waals surface area contributed by atoms with Crippen LogP contribution in [0.3, 0.4) is 0 Å². The molecule has 0 spiro atoms. The van der Waals surface area contributed by atoms with Crippen LogP contribution in [0, 0.1) is 0 Å². The lowest BCUT2D eigenvalue weighted by Gasteiger charge is -2.08. The van der Waals surface area contributed by atoms with Crippen molar-refractivity contribution >= 4 is 51.8 Å². The van der Waals surface area contributed by atoms with E-state index in [1.165, 1.54) is 61.5 Å².